The van der Waals surface area contributed by atoms with E-state index in [0.29, 0.717) is 6.42 Å². The van der Waals surface area contributed by atoms with Gasteiger partial charge in [0.25, 0.3) is 0 Å². The molecule has 0 aliphatic heterocycles. The number of nitrogens with zero attached hydrogens (tertiary/aromatic N) is 1. The van der Waals surface area contributed by atoms with Gasteiger partial charge in [0, 0.05) is 34.5 Å². The Hall–Kier alpha value is -2.85. The number of aromatic hydroxyl groups is 1. The van der Waals surface area contributed by atoms with Crippen LogP contribution >= 0.6 is 0 Å². The quantitative estimate of drug-likeness (QED) is 0.495. The monoisotopic (exact) mass is 330 g/mol. The molecule has 124 valence electrons. The van der Waals surface area contributed by atoms with Crippen LogP contribution in [0.2, 0.25) is 0 Å². The van der Waals surface area contributed by atoms with E-state index in [1.54, 1.807) is 12.1 Å². The molecule has 2 heterocycles. The van der Waals surface area contributed by atoms with Gasteiger partial charge in [0.1, 0.15) is 5.75 Å². The number of hydrogen-bond acceptors (Lipinski definition) is 3. The number of aliphatic hydroxyl groups is 1. The van der Waals surface area contributed by atoms with Gasteiger partial charge in [0.05, 0.1) is 17.3 Å². The van der Waals surface area contributed by atoms with Gasteiger partial charge in [-0.25, -0.2) is 4.98 Å². The number of pyridine rings is 1. The molecule has 4 heteroatoms. The highest BCUT2D eigenvalue weighted by Gasteiger charge is 2.24. The lowest BCUT2D eigenvalue weighted by molar-refractivity contribution is 0.159. The van der Waals surface area contributed by atoms with E-state index < -0.39 is 0 Å². The first-order valence-corrected chi connectivity index (χ1v) is 8.60. The van der Waals surface area contributed by atoms with Gasteiger partial charge < -0.3 is 15.2 Å². The highest BCUT2D eigenvalue weighted by atomic mass is 16.3. The molecular formula is C21H18N2O2. The summed E-state index contributed by atoms with van der Waals surface area (Å²) in [5, 5.41) is 22.2. The fraction of sp³-hybridized carbons (Fsp3) is 0.190. The zero-order valence-electron chi connectivity index (χ0n) is 13.7. The summed E-state index contributed by atoms with van der Waals surface area (Å²) in [5.41, 5.74) is 6.40. The number of phenolic OH excluding ortho intramolecular Hbond substituents is 1. The van der Waals surface area contributed by atoms with Crippen LogP contribution in [-0.2, 0) is 12.8 Å². The van der Waals surface area contributed by atoms with Crippen molar-refractivity contribution in [2.24, 2.45) is 0 Å². The van der Waals surface area contributed by atoms with Gasteiger partial charge in [-0.3, -0.25) is 0 Å². The number of benzene rings is 2. The Balaban J connectivity index is 1.87. The number of aromatic nitrogens is 2. The summed E-state index contributed by atoms with van der Waals surface area (Å²) in [4.78, 5) is 8.22. The van der Waals surface area contributed by atoms with Gasteiger partial charge in [-0.05, 0) is 66.4 Å². The minimum atomic E-state index is -0.326. The van der Waals surface area contributed by atoms with Crippen molar-refractivity contribution in [1.29, 1.82) is 0 Å². The van der Waals surface area contributed by atoms with E-state index in [1.807, 2.05) is 18.3 Å². The zero-order valence-corrected chi connectivity index (χ0v) is 13.7. The molecule has 1 aliphatic carbocycles. The van der Waals surface area contributed by atoms with Crippen LogP contribution in [0.25, 0.3) is 33.1 Å². The summed E-state index contributed by atoms with van der Waals surface area (Å²) in [5.74, 6) is 0.243. The van der Waals surface area contributed by atoms with Crippen LogP contribution in [0.5, 0.6) is 5.75 Å². The lowest BCUT2D eigenvalue weighted by Crippen LogP contribution is -2.20. The van der Waals surface area contributed by atoms with Crippen LogP contribution in [0.15, 0.2) is 48.7 Å². The Bertz CT molecular complexity index is 1100. The maximum Gasteiger partial charge on any atom is 0.115 e. The van der Waals surface area contributed by atoms with Crippen molar-refractivity contribution in [2.75, 3.05) is 0 Å². The summed E-state index contributed by atoms with van der Waals surface area (Å²) in [6.45, 7) is 0. The smallest absolute Gasteiger partial charge is 0.115 e. The number of hydrogen-bond donors (Lipinski definition) is 3. The second-order valence-electron chi connectivity index (χ2n) is 6.76. The summed E-state index contributed by atoms with van der Waals surface area (Å²) < 4.78 is 0. The van der Waals surface area contributed by atoms with Gasteiger partial charge in [-0.15, -0.1) is 0 Å². The second-order valence-corrected chi connectivity index (χ2v) is 6.76. The van der Waals surface area contributed by atoms with Crippen molar-refractivity contribution >= 4 is 21.8 Å². The van der Waals surface area contributed by atoms with Crippen molar-refractivity contribution in [3.05, 3.63) is 59.8 Å². The van der Waals surface area contributed by atoms with E-state index >= 15 is 0 Å². The second kappa shape index (κ2) is 5.33. The molecular weight excluding hydrogens is 312 g/mol. The Labute approximate surface area is 144 Å². The van der Waals surface area contributed by atoms with Crippen LogP contribution in [0.4, 0.5) is 0 Å². The molecule has 1 unspecified atom stereocenters. The first kappa shape index (κ1) is 14.5. The van der Waals surface area contributed by atoms with E-state index in [2.05, 4.69) is 23.2 Å². The molecule has 2 aromatic heterocycles. The minimum absolute atomic E-state index is 0.243. The fourth-order valence-electron chi connectivity index (χ4n) is 4.02. The van der Waals surface area contributed by atoms with Crippen molar-refractivity contribution in [3.63, 3.8) is 0 Å². The molecule has 4 nitrogen and oxygen atoms in total. The van der Waals surface area contributed by atoms with Crippen molar-refractivity contribution in [1.82, 2.24) is 9.97 Å². The summed E-state index contributed by atoms with van der Waals surface area (Å²) >= 11 is 0. The normalized spacial score (nSPS) is 17.1. The van der Waals surface area contributed by atoms with Gasteiger partial charge in [0.15, 0.2) is 0 Å². The lowest BCUT2D eigenvalue weighted by Gasteiger charge is -2.25. The van der Waals surface area contributed by atoms with Gasteiger partial charge in [-0.1, -0.05) is 0 Å². The Morgan fingerprint density at radius 3 is 2.68 bits per heavy atom. The average Bonchev–Trinajstić information content (AvgIpc) is 3.10. The number of rotatable bonds is 1. The highest BCUT2D eigenvalue weighted by Crippen LogP contribution is 2.38. The van der Waals surface area contributed by atoms with Crippen molar-refractivity contribution in [2.45, 2.75) is 25.4 Å². The molecule has 0 saturated carbocycles. The highest BCUT2D eigenvalue weighted by molar-refractivity contribution is 6.08. The predicted molar refractivity (Wildman–Crippen MR) is 98.7 cm³/mol. The zero-order chi connectivity index (χ0) is 17.0. The largest absolute Gasteiger partial charge is 0.508 e. The SMILES string of the molecule is Oc1ccc(-c2nc3ccc4[nH]ccc4c3c3c2CC(O)CC3)cc1. The molecule has 4 aromatic rings. The van der Waals surface area contributed by atoms with Crippen LogP contribution in [0.3, 0.4) is 0 Å². The van der Waals surface area contributed by atoms with Crippen LogP contribution < -0.4 is 0 Å². The van der Waals surface area contributed by atoms with E-state index in [0.717, 1.165) is 40.7 Å². The summed E-state index contributed by atoms with van der Waals surface area (Å²) in [6, 6.07) is 13.4. The number of aliphatic hydroxyl groups excluding tert-OH is 1. The molecule has 5 rings (SSSR count). The number of aromatic amines is 1. The van der Waals surface area contributed by atoms with Crippen molar-refractivity contribution in [3.8, 4) is 17.0 Å². The summed E-state index contributed by atoms with van der Waals surface area (Å²) in [7, 11) is 0. The maximum absolute atomic E-state index is 10.2. The van der Waals surface area contributed by atoms with Crippen molar-refractivity contribution < 1.29 is 10.2 Å². The molecule has 0 saturated heterocycles. The molecule has 2 aromatic carbocycles. The Morgan fingerprint density at radius 1 is 1.00 bits per heavy atom. The standard InChI is InChI=1S/C21H18N2O2/c24-13-3-1-12(2-4-13)21-17-11-14(25)5-6-15(17)20-16-9-10-22-18(16)7-8-19(20)23-21/h1-4,7-10,14,22,24-25H,5-6,11H2. The number of phenols is 1. The number of nitrogens with one attached hydrogen (secondary N) is 1. The van der Waals surface area contributed by atoms with E-state index in [4.69, 9.17) is 4.98 Å². The minimum Gasteiger partial charge on any atom is -0.508 e. The Kier molecular flexibility index (Phi) is 3.09. The van der Waals surface area contributed by atoms with E-state index in [-0.39, 0.29) is 11.9 Å². The molecule has 1 atom stereocenters. The third-order valence-corrected chi connectivity index (χ3v) is 5.20. The molecule has 0 spiro atoms. The molecule has 1 aliphatic rings. The first-order valence-electron chi connectivity index (χ1n) is 8.60. The third kappa shape index (κ3) is 2.22. The van der Waals surface area contributed by atoms with E-state index in [9.17, 15) is 10.2 Å². The molecule has 0 amide bonds. The number of H-pyrrole nitrogens is 1. The fourth-order valence-corrected chi connectivity index (χ4v) is 4.02. The van der Waals surface area contributed by atoms with Crippen LogP contribution in [0.1, 0.15) is 17.5 Å². The average molecular weight is 330 g/mol. The molecule has 0 fully saturated rings. The first-order chi connectivity index (χ1) is 12.2. The maximum atomic E-state index is 10.2. The van der Waals surface area contributed by atoms with Gasteiger partial charge in [0.2, 0.25) is 0 Å². The molecule has 3 N–H and O–H groups in total. The van der Waals surface area contributed by atoms with Crippen LogP contribution in [-0.4, -0.2) is 26.3 Å². The topological polar surface area (TPSA) is 69.1 Å². The summed E-state index contributed by atoms with van der Waals surface area (Å²) in [6.07, 6.45) is 3.89. The van der Waals surface area contributed by atoms with E-state index in [1.165, 1.54) is 16.3 Å². The predicted octanol–water partition coefficient (Wildman–Crippen LogP) is 3.94. The third-order valence-electron chi connectivity index (χ3n) is 5.20. The number of fused-ring (bicyclic) bond motifs is 5. The molecule has 0 radical (unpaired) electrons. The lowest BCUT2D eigenvalue weighted by atomic mass is 9.84. The number of aryl methyl sites for hydroxylation is 1. The van der Waals surface area contributed by atoms with Gasteiger partial charge in [-0.2, -0.15) is 0 Å². The molecule has 0 bridgehead atoms. The molecule has 25 heavy (non-hydrogen) atoms. The van der Waals surface area contributed by atoms with Gasteiger partial charge >= 0.3 is 0 Å². The van der Waals surface area contributed by atoms with Crippen LogP contribution in [0, 0.1) is 0 Å². The Morgan fingerprint density at radius 2 is 1.84 bits per heavy atom.